The molecule has 0 saturated carbocycles. The molecule has 1 unspecified atom stereocenters. The highest BCUT2D eigenvalue weighted by Gasteiger charge is 2.30. The van der Waals surface area contributed by atoms with Crippen LogP contribution in [0.3, 0.4) is 0 Å². The van der Waals surface area contributed by atoms with Crippen LogP contribution in [0.1, 0.15) is 49.0 Å². The molecule has 3 nitrogen and oxygen atoms in total. The van der Waals surface area contributed by atoms with E-state index in [1.54, 1.807) is 0 Å². The van der Waals surface area contributed by atoms with E-state index in [2.05, 4.69) is 20.8 Å². The fraction of sp³-hybridized carbons (Fsp3) is 0.533. The van der Waals surface area contributed by atoms with E-state index in [0.717, 1.165) is 30.6 Å². The zero-order valence-electron chi connectivity index (χ0n) is 11.4. The largest absolute Gasteiger partial charge is 0.398 e. The average molecular weight is 246 g/mol. The van der Waals surface area contributed by atoms with Crippen molar-refractivity contribution < 1.29 is 4.79 Å². The van der Waals surface area contributed by atoms with Gasteiger partial charge in [0.05, 0.1) is 5.56 Å². The van der Waals surface area contributed by atoms with Crippen LogP contribution >= 0.6 is 0 Å². The normalized spacial score (nSPS) is 19.2. The summed E-state index contributed by atoms with van der Waals surface area (Å²) in [5, 5.41) is 0. The lowest BCUT2D eigenvalue weighted by Gasteiger charge is -2.33. The summed E-state index contributed by atoms with van der Waals surface area (Å²) in [7, 11) is 0. The van der Waals surface area contributed by atoms with Crippen molar-refractivity contribution >= 4 is 11.6 Å². The summed E-state index contributed by atoms with van der Waals surface area (Å²) in [6.07, 6.45) is 1.04. The molecule has 0 saturated heterocycles. The Labute approximate surface area is 109 Å². The first-order valence-electron chi connectivity index (χ1n) is 6.68. The van der Waals surface area contributed by atoms with Crippen LogP contribution in [0.5, 0.6) is 0 Å². The number of nitrogens with zero attached hydrogens (tertiary/aromatic N) is 1. The Morgan fingerprint density at radius 1 is 1.44 bits per heavy atom. The number of carbonyl (C=O) groups is 1. The van der Waals surface area contributed by atoms with Gasteiger partial charge in [-0.3, -0.25) is 4.79 Å². The van der Waals surface area contributed by atoms with Gasteiger partial charge in [0.15, 0.2) is 0 Å². The Morgan fingerprint density at radius 3 is 2.83 bits per heavy atom. The Morgan fingerprint density at radius 2 is 2.17 bits per heavy atom. The molecule has 1 aliphatic rings. The number of fused-ring (bicyclic) bond motifs is 1. The number of rotatable bonds is 3. The first-order chi connectivity index (χ1) is 8.50. The van der Waals surface area contributed by atoms with Gasteiger partial charge in [-0.1, -0.05) is 32.9 Å². The second kappa shape index (κ2) is 5.01. The number of hydrogen-bond donors (Lipinski definition) is 1. The van der Waals surface area contributed by atoms with Gasteiger partial charge in [0, 0.05) is 18.8 Å². The maximum Gasteiger partial charge on any atom is 0.256 e. The van der Waals surface area contributed by atoms with Crippen molar-refractivity contribution in [2.45, 2.75) is 33.1 Å². The van der Waals surface area contributed by atoms with Crippen LogP contribution < -0.4 is 5.73 Å². The quantitative estimate of drug-likeness (QED) is 0.834. The zero-order chi connectivity index (χ0) is 13.3. The molecule has 2 rings (SSSR count). The minimum atomic E-state index is 0.0989. The third-order valence-electron chi connectivity index (χ3n) is 3.63. The van der Waals surface area contributed by atoms with Crippen molar-refractivity contribution in [1.29, 1.82) is 0 Å². The van der Waals surface area contributed by atoms with Crippen LogP contribution in [0.15, 0.2) is 18.2 Å². The van der Waals surface area contributed by atoms with E-state index in [9.17, 15) is 4.79 Å². The molecule has 1 aliphatic heterocycles. The van der Waals surface area contributed by atoms with Crippen LogP contribution in [0.4, 0.5) is 5.69 Å². The predicted molar refractivity (Wildman–Crippen MR) is 74.6 cm³/mol. The van der Waals surface area contributed by atoms with E-state index < -0.39 is 0 Å². The second-order valence-corrected chi connectivity index (χ2v) is 5.65. The van der Waals surface area contributed by atoms with E-state index in [0.29, 0.717) is 17.5 Å². The Bertz CT molecular complexity index is 454. The molecule has 98 valence electrons. The van der Waals surface area contributed by atoms with Crippen LogP contribution in [0.2, 0.25) is 0 Å². The lowest BCUT2D eigenvalue weighted by molar-refractivity contribution is 0.0718. The van der Waals surface area contributed by atoms with Gasteiger partial charge in [0.25, 0.3) is 5.91 Å². The molecule has 3 heteroatoms. The molecule has 0 spiro atoms. The topological polar surface area (TPSA) is 46.3 Å². The van der Waals surface area contributed by atoms with Crippen molar-refractivity contribution in [3.63, 3.8) is 0 Å². The number of nitrogen functional groups attached to an aromatic ring is 1. The van der Waals surface area contributed by atoms with Gasteiger partial charge in [-0.2, -0.15) is 0 Å². The van der Waals surface area contributed by atoms with E-state index in [-0.39, 0.29) is 5.91 Å². The zero-order valence-corrected chi connectivity index (χ0v) is 11.4. The molecular weight excluding hydrogens is 224 g/mol. The molecule has 0 bridgehead atoms. The molecule has 0 aromatic heterocycles. The number of carbonyl (C=O) groups excluding carboxylic acids is 1. The summed E-state index contributed by atoms with van der Waals surface area (Å²) in [5.41, 5.74) is 8.39. The minimum absolute atomic E-state index is 0.0989. The molecule has 0 fully saturated rings. The second-order valence-electron chi connectivity index (χ2n) is 5.65. The highest BCUT2D eigenvalue weighted by Crippen LogP contribution is 2.31. The van der Waals surface area contributed by atoms with Crippen molar-refractivity contribution in [3.05, 3.63) is 29.3 Å². The van der Waals surface area contributed by atoms with E-state index in [1.807, 2.05) is 23.1 Å². The summed E-state index contributed by atoms with van der Waals surface area (Å²) in [6, 6.07) is 5.77. The van der Waals surface area contributed by atoms with E-state index >= 15 is 0 Å². The van der Waals surface area contributed by atoms with Crippen LogP contribution in [-0.2, 0) is 0 Å². The Kier molecular flexibility index (Phi) is 3.60. The number of hydrogen-bond acceptors (Lipinski definition) is 2. The monoisotopic (exact) mass is 246 g/mol. The van der Waals surface area contributed by atoms with Gasteiger partial charge in [-0.15, -0.1) is 0 Å². The van der Waals surface area contributed by atoms with Crippen molar-refractivity contribution in [3.8, 4) is 0 Å². The van der Waals surface area contributed by atoms with Gasteiger partial charge in [0.1, 0.15) is 0 Å². The predicted octanol–water partition coefficient (Wildman–Crippen LogP) is 2.87. The summed E-state index contributed by atoms with van der Waals surface area (Å²) < 4.78 is 0. The van der Waals surface area contributed by atoms with Crippen molar-refractivity contribution in [2.75, 3.05) is 18.8 Å². The summed E-state index contributed by atoms with van der Waals surface area (Å²) >= 11 is 0. The van der Waals surface area contributed by atoms with E-state index in [4.69, 9.17) is 5.73 Å². The first-order valence-corrected chi connectivity index (χ1v) is 6.68. The van der Waals surface area contributed by atoms with Gasteiger partial charge < -0.3 is 10.6 Å². The van der Waals surface area contributed by atoms with Crippen LogP contribution in [0, 0.1) is 5.92 Å². The molecule has 2 N–H and O–H groups in total. The molecule has 0 aliphatic carbocycles. The maximum absolute atomic E-state index is 12.4. The third kappa shape index (κ3) is 2.35. The molecular formula is C15H22N2O. The van der Waals surface area contributed by atoms with Crippen molar-refractivity contribution in [2.24, 2.45) is 5.92 Å². The first kappa shape index (κ1) is 12.9. The highest BCUT2D eigenvalue weighted by atomic mass is 16.2. The molecule has 1 amide bonds. The molecule has 1 heterocycles. The lowest BCUT2D eigenvalue weighted by atomic mass is 9.89. The summed E-state index contributed by atoms with van der Waals surface area (Å²) in [6.45, 7) is 8.16. The van der Waals surface area contributed by atoms with Crippen LogP contribution in [0.25, 0.3) is 0 Å². The lowest BCUT2D eigenvalue weighted by Crippen LogP contribution is -2.40. The average Bonchev–Trinajstić information content (AvgIpc) is 2.31. The van der Waals surface area contributed by atoms with Gasteiger partial charge >= 0.3 is 0 Å². The molecule has 1 atom stereocenters. The van der Waals surface area contributed by atoms with Gasteiger partial charge in [-0.05, 0) is 29.9 Å². The molecule has 1 aromatic carbocycles. The SMILES string of the molecule is CC(C)CCN1CC(C)c2cccc(N)c2C1=O. The number of nitrogens with two attached hydrogens (primary N) is 1. The number of amides is 1. The fourth-order valence-electron chi connectivity index (χ4n) is 2.52. The Balaban J connectivity index is 2.27. The maximum atomic E-state index is 12.4. The van der Waals surface area contributed by atoms with Crippen molar-refractivity contribution in [1.82, 2.24) is 4.90 Å². The summed E-state index contributed by atoms with van der Waals surface area (Å²) in [4.78, 5) is 14.4. The standard InChI is InChI=1S/C15H22N2O/c1-10(2)7-8-17-9-11(3)12-5-4-6-13(16)14(12)15(17)18/h4-6,10-11H,7-9,16H2,1-3H3. The van der Waals surface area contributed by atoms with Gasteiger partial charge in [0.2, 0.25) is 0 Å². The van der Waals surface area contributed by atoms with E-state index in [1.165, 1.54) is 0 Å². The molecule has 0 radical (unpaired) electrons. The number of anilines is 1. The molecule has 1 aromatic rings. The highest BCUT2D eigenvalue weighted by molar-refractivity contribution is 6.01. The fourth-order valence-corrected chi connectivity index (χ4v) is 2.52. The third-order valence-corrected chi connectivity index (χ3v) is 3.63. The Hall–Kier alpha value is -1.51. The van der Waals surface area contributed by atoms with Crippen LogP contribution in [-0.4, -0.2) is 23.9 Å². The minimum Gasteiger partial charge on any atom is -0.398 e. The summed E-state index contributed by atoms with van der Waals surface area (Å²) in [5.74, 6) is 1.08. The molecule has 18 heavy (non-hydrogen) atoms. The van der Waals surface area contributed by atoms with Gasteiger partial charge in [-0.25, -0.2) is 0 Å². The number of benzene rings is 1. The smallest absolute Gasteiger partial charge is 0.256 e.